The maximum absolute atomic E-state index is 12.3. The number of carboxylic acid groups (broad SMARTS) is 1. The molecule has 4 rings (SSSR count). The molecule has 0 bridgehead atoms. The van der Waals surface area contributed by atoms with Gasteiger partial charge in [0.2, 0.25) is 11.8 Å². The second kappa shape index (κ2) is 14.4. The van der Waals surface area contributed by atoms with E-state index in [0.717, 1.165) is 11.1 Å². The van der Waals surface area contributed by atoms with Gasteiger partial charge in [0, 0.05) is 50.7 Å². The summed E-state index contributed by atoms with van der Waals surface area (Å²) in [5.74, 6) is -0.275. The Morgan fingerprint density at radius 3 is 1.38 bits per heavy atom. The molecule has 0 spiro atoms. The normalized spacial score (nSPS) is 16.3. The topological polar surface area (TPSA) is 167 Å². The van der Waals surface area contributed by atoms with Crippen molar-refractivity contribution in [3.05, 3.63) is 47.8 Å². The number of rotatable bonds is 8. The molecule has 258 valence electrons. The molecule has 14 heteroatoms. The van der Waals surface area contributed by atoms with Crippen molar-refractivity contribution in [2.24, 2.45) is 10.8 Å². The Morgan fingerprint density at radius 1 is 0.702 bits per heavy atom. The second-order valence-electron chi connectivity index (χ2n) is 13.8. The van der Waals surface area contributed by atoms with Crippen LogP contribution in [0.15, 0.2) is 36.7 Å². The molecule has 2 aromatic rings. The molecule has 0 aromatic carbocycles. The number of hydrogen-bond donors (Lipinski definition) is 1. The molecule has 14 nitrogen and oxygen atoms in total. The van der Waals surface area contributed by atoms with E-state index < -0.39 is 40.2 Å². The molecule has 2 saturated heterocycles. The van der Waals surface area contributed by atoms with Gasteiger partial charge in [0.25, 0.3) is 0 Å². The Kier molecular flexibility index (Phi) is 11.3. The first kappa shape index (κ1) is 36.8. The van der Waals surface area contributed by atoms with Crippen LogP contribution in [0.2, 0.25) is 0 Å². The molecule has 2 aliphatic heterocycles. The van der Waals surface area contributed by atoms with Gasteiger partial charge >= 0.3 is 24.1 Å². The van der Waals surface area contributed by atoms with Gasteiger partial charge in [0.15, 0.2) is 0 Å². The van der Waals surface area contributed by atoms with E-state index >= 15 is 0 Å². The standard InChI is InChI=1S/C17H24N2O5.C16H22N2O5/c1-16(2,3)24-15(21)19-10-17(11-19,14(20)23-5)8-12-6-7-13(22-4)18-9-12;1-15(2,3)23-14(21)18-9-16(10-18,13(19)20)7-11-5-6-12(22-4)17-8-11/h6-7,9H,8,10-11H2,1-5H3;5-6,8H,7,9-10H2,1-4H3,(H,19,20). The fourth-order valence-corrected chi connectivity index (χ4v) is 5.19. The lowest BCUT2D eigenvalue weighted by molar-refractivity contribution is -0.163. The summed E-state index contributed by atoms with van der Waals surface area (Å²) in [6.45, 7) is 11.5. The van der Waals surface area contributed by atoms with E-state index in [1.807, 2.05) is 6.07 Å². The highest BCUT2D eigenvalue weighted by molar-refractivity contribution is 5.82. The molecule has 2 aliphatic rings. The molecule has 2 aromatic heterocycles. The number of aliphatic carboxylic acids is 1. The van der Waals surface area contributed by atoms with Crippen molar-refractivity contribution >= 4 is 24.1 Å². The van der Waals surface area contributed by atoms with Crippen molar-refractivity contribution in [1.29, 1.82) is 0 Å². The minimum atomic E-state index is -0.993. The molecule has 0 unspecified atom stereocenters. The number of pyridine rings is 2. The van der Waals surface area contributed by atoms with Gasteiger partial charge in [-0.2, -0.15) is 0 Å². The Hall–Kier alpha value is -4.62. The zero-order chi connectivity index (χ0) is 35.2. The number of hydrogen-bond acceptors (Lipinski definition) is 11. The number of likely N-dealkylation sites (tertiary alicyclic amines) is 2. The first-order valence-corrected chi connectivity index (χ1v) is 15.1. The molecule has 0 saturated carbocycles. The average molecular weight is 659 g/mol. The van der Waals surface area contributed by atoms with Gasteiger partial charge in [-0.05, 0) is 65.5 Å². The number of nitrogens with zero attached hydrogens (tertiary/aromatic N) is 4. The Balaban J connectivity index is 0.000000256. The molecule has 47 heavy (non-hydrogen) atoms. The Morgan fingerprint density at radius 2 is 1.09 bits per heavy atom. The quantitative estimate of drug-likeness (QED) is 0.320. The van der Waals surface area contributed by atoms with Crippen LogP contribution >= 0.6 is 0 Å². The SMILES string of the molecule is COC(=O)C1(Cc2ccc(OC)nc2)CN(C(=O)OC(C)(C)C)C1.COc1ccc(CC2(C(=O)O)CN(C(=O)OC(C)(C)C)C2)cn1. The number of carboxylic acids is 1. The first-order chi connectivity index (χ1) is 21.8. The lowest BCUT2D eigenvalue weighted by atomic mass is 9.75. The predicted molar refractivity (Wildman–Crippen MR) is 169 cm³/mol. The summed E-state index contributed by atoms with van der Waals surface area (Å²) in [5, 5.41) is 9.55. The van der Waals surface area contributed by atoms with Crippen LogP contribution in [0.25, 0.3) is 0 Å². The zero-order valence-electron chi connectivity index (χ0n) is 28.6. The number of aromatic nitrogens is 2. The Labute approximate surface area is 275 Å². The van der Waals surface area contributed by atoms with Gasteiger partial charge in [-0.3, -0.25) is 9.59 Å². The summed E-state index contributed by atoms with van der Waals surface area (Å²) in [7, 11) is 4.42. The third-order valence-corrected chi connectivity index (χ3v) is 7.45. The number of ether oxygens (including phenoxy) is 5. The highest BCUT2D eigenvalue weighted by atomic mass is 16.6. The second-order valence-corrected chi connectivity index (χ2v) is 13.8. The van der Waals surface area contributed by atoms with Crippen LogP contribution < -0.4 is 9.47 Å². The fourth-order valence-electron chi connectivity index (χ4n) is 5.19. The van der Waals surface area contributed by atoms with Crippen molar-refractivity contribution < 1.29 is 48.0 Å². The van der Waals surface area contributed by atoms with Crippen molar-refractivity contribution in [2.45, 2.75) is 65.6 Å². The van der Waals surface area contributed by atoms with Crippen LogP contribution in [0.1, 0.15) is 52.7 Å². The third-order valence-electron chi connectivity index (χ3n) is 7.45. The van der Waals surface area contributed by atoms with Gasteiger partial charge < -0.3 is 38.6 Å². The van der Waals surface area contributed by atoms with Crippen LogP contribution in [0, 0.1) is 10.8 Å². The molecular weight excluding hydrogens is 612 g/mol. The van der Waals surface area contributed by atoms with E-state index in [1.165, 1.54) is 24.0 Å². The van der Waals surface area contributed by atoms with Gasteiger partial charge in [0.1, 0.15) is 22.0 Å². The predicted octanol–water partition coefficient (Wildman–Crippen LogP) is 4.00. The number of esters is 1. The minimum Gasteiger partial charge on any atom is -0.481 e. The van der Waals surface area contributed by atoms with Gasteiger partial charge in [-0.1, -0.05) is 12.1 Å². The maximum atomic E-state index is 12.3. The van der Waals surface area contributed by atoms with Crippen molar-refractivity contribution in [3.63, 3.8) is 0 Å². The van der Waals surface area contributed by atoms with Crippen LogP contribution in [0.4, 0.5) is 9.59 Å². The van der Waals surface area contributed by atoms with Gasteiger partial charge in [-0.15, -0.1) is 0 Å². The zero-order valence-corrected chi connectivity index (χ0v) is 28.6. The van der Waals surface area contributed by atoms with E-state index in [9.17, 15) is 24.3 Å². The summed E-state index contributed by atoms with van der Waals surface area (Å²) >= 11 is 0. The summed E-state index contributed by atoms with van der Waals surface area (Å²) < 4.78 is 25.6. The van der Waals surface area contributed by atoms with Gasteiger partial charge in [0.05, 0.1) is 21.3 Å². The first-order valence-electron chi connectivity index (χ1n) is 15.1. The van der Waals surface area contributed by atoms with Crippen LogP contribution in [0.5, 0.6) is 11.8 Å². The molecular formula is C33H46N4O10. The van der Waals surface area contributed by atoms with Crippen LogP contribution in [0.3, 0.4) is 0 Å². The van der Waals surface area contributed by atoms with E-state index in [1.54, 1.807) is 79.2 Å². The molecule has 0 radical (unpaired) electrons. The van der Waals surface area contributed by atoms with E-state index in [4.69, 9.17) is 23.7 Å². The molecule has 0 aliphatic carbocycles. The number of carbonyl (C=O) groups excluding carboxylic acids is 3. The summed E-state index contributed by atoms with van der Waals surface area (Å²) in [5.41, 5.74) is -1.25. The number of carbonyl (C=O) groups is 4. The van der Waals surface area contributed by atoms with E-state index in [-0.39, 0.29) is 32.1 Å². The van der Waals surface area contributed by atoms with Crippen LogP contribution in [-0.2, 0) is 36.6 Å². The van der Waals surface area contributed by atoms with Crippen molar-refractivity contribution in [3.8, 4) is 11.8 Å². The smallest absolute Gasteiger partial charge is 0.410 e. The lowest BCUT2D eigenvalue weighted by Crippen LogP contribution is -2.64. The molecule has 0 atom stereocenters. The largest absolute Gasteiger partial charge is 0.481 e. The maximum Gasteiger partial charge on any atom is 0.410 e. The lowest BCUT2D eigenvalue weighted by Gasteiger charge is -2.47. The average Bonchev–Trinajstić information content (AvgIpc) is 2.94. The highest BCUT2D eigenvalue weighted by Crippen LogP contribution is 2.37. The summed E-state index contributed by atoms with van der Waals surface area (Å²) in [6, 6.07) is 7.07. The van der Waals surface area contributed by atoms with Crippen molar-refractivity contribution in [1.82, 2.24) is 19.8 Å². The molecule has 2 amide bonds. The molecule has 4 heterocycles. The van der Waals surface area contributed by atoms with Gasteiger partial charge in [-0.25, -0.2) is 19.6 Å². The summed E-state index contributed by atoms with van der Waals surface area (Å²) in [6.07, 6.45) is 3.10. The minimum absolute atomic E-state index is 0.128. The van der Waals surface area contributed by atoms with Crippen LogP contribution in [-0.4, -0.2) is 108 Å². The highest BCUT2D eigenvalue weighted by Gasteiger charge is 2.53. The molecule has 2 fully saturated rings. The molecule has 1 N–H and O–H groups in total. The van der Waals surface area contributed by atoms with E-state index in [2.05, 4.69) is 9.97 Å². The number of methoxy groups -OCH3 is 3. The van der Waals surface area contributed by atoms with E-state index in [0.29, 0.717) is 24.6 Å². The fraction of sp³-hybridized carbons (Fsp3) is 0.576. The third kappa shape index (κ3) is 9.69. The van der Waals surface area contributed by atoms with Crippen molar-refractivity contribution in [2.75, 3.05) is 47.5 Å². The summed E-state index contributed by atoms with van der Waals surface area (Å²) in [4.78, 5) is 59.1. The Bertz CT molecular complexity index is 1400. The number of amides is 2. The monoisotopic (exact) mass is 658 g/mol.